The second-order valence-corrected chi connectivity index (χ2v) is 4.99. The van der Waals surface area contributed by atoms with E-state index in [-0.39, 0.29) is 16.7 Å². The van der Waals surface area contributed by atoms with Gasteiger partial charge in [0.15, 0.2) is 0 Å². The fraction of sp³-hybridized carbons (Fsp3) is 0.571. The summed E-state index contributed by atoms with van der Waals surface area (Å²) in [7, 11) is 1.56. The second-order valence-electron chi connectivity index (χ2n) is 4.99. The normalized spacial score (nSPS) is 16.9. The molecule has 6 heteroatoms. The Morgan fingerprint density at radius 2 is 2.15 bits per heavy atom. The SMILES string of the molecule is CCN1CCC(Nc2cc(OC)ccc2[N+](=O)[O-])CC1. The van der Waals surface area contributed by atoms with Crippen LogP contribution in [-0.4, -0.2) is 42.6 Å². The van der Waals surface area contributed by atoms with Gasteiger partial charge in [0.05, 0.1) is 12.0 Å². The smallest absolute Gasteiger partial charge is 0.292 e. The average Bonchev–Trinajstić information content (AvgIpc) is 2.47. The molecule has 0 amide bonds. The number of nitrogens with one attached hydrogen (secondary N) is 1. The van der Waals surface area contributed by atoms with E-state index in [4.69, 9.17) is 4.74 Å². The molecule has 0 atom stereocenters. The number of nitro benzene ring substituents is 1. The lowest BCUT2D eigenvalue weighted by molar-refractivity contribution is -0.384. The minimum atomic E-state index is -0.358. The zero-order chi connectivity index (χ0) is 14.5. The number of hydrogen-bond donors (Lipinski definition) is 1. The van der Waals surface area contributed by atoms with Crippen molar-refractivity contribution in [3.63, 3.8) is 0 Å². The summed E-state index contributed by atoms with van der Waals surface area (Å²) in [6, 6.07) is 5.08. The summed E-state index contributed by atoms with van der Waals surface area (Å²) in [5, 5.41) is 14.4. The summed E-state index contributed by atoms with van der Waals surface area (Å²) >= 11 is 0. The Balaban J connectivity index is 2.09. The van der Waals surface area contributed by atoms with Gasteiger partial charge >= 0.3 is 0 Å². The van der Waals surface area contributed by atoms with E-state index in [9.17, 15) is 10.1 Å². The summed E-state index contributed by atoms with van der Waals surface area (Å²) in [5.74, 6) is 0.629. The average molecular weight is 279 g/mol. The van der Waals surface area contributed by atoms with Gasteiger partial charge < -0.3 is 15.0 Å². The molecule has 1 aromatic rings. The fourth-order valence-corrected chi connectivity index (χ4v) is 2.53. The first-order valence-electron chi connectivity index (χ1n) is 6.95. The van der Waals surface area contributed by atoms with Crippen LogP contribution < -0.4 is 10.1 Å². The number of likely N-dealkylation sites (tertiary alicyclic amines) is 1. The lowest BCUT2D eigenvalue weighted by Crippen LogP contribution is -2.38. The summed E-state index contributed by atoms with van der Waals surface area (Å²) < 4.78 is 5.14. The number of hydrogen-bond acceptors (Lipinski definition) is 5. The highest BCUT2D eigenvalue weighted by molar-refractivity contribution is 5.64. The van der Waals surface area contributed by atoms with Gasteiger partial charge in [0.2, 0.25) is 0 Å². The maximum Gasteiger partial charge on any atom is 0.292 e. The Bertz CT molecular complexity index is 471. The molecule has 0 saturated carbocycles. The summed E-state index contributed by atoms with van der Waals surface area (Å²) in [6.07, 6.45) is 2.00. The molecule has 0 bridgehead atoms. The highest BCUT2D eigenvalue weighted by Gasteiger charge is 2.21. The van der Waals surface area contributed by atoms with E-state index in [1.165, 1.54) is 6.07 Å². The molecule has 0 aliphatic carbocycles. The van der Waals surface area contributed by atoms with E-state index in [0.717, 1.165) is 32.5 Å². The highest BCUT2D eigenvalue weighted by atomic mass is 16.6. The van der Waals surface area contributed by atoms with Crippen LogP contribution in [0.4, 0.5) is 11.4 Å². The van der Waals surface area contributed by atoms with Crippen LogP contribution in [0.3, 0.4) is 0 Å². The molecule has 20 heavy (non-hydrogen) atoms. The molecule has 1 aliphatic rings. The second kappa shape index (κ2) is 6.56. The number of nitro groups is 1. The van der Waals surface area contributed by atoms with Crippen molar-refractivity contribution in [1.29, 1.82) is 0 Å². The van der Waals surface area contributed by atoms with E-state index in [1.54, 1.807) is 19.2 Å². The van der Waals surface area contributed by atoms with Crippen LogP contribution in [0.15, 0.2) is 18.2 Å². The Morgan fingerprint density at radius 3 is 2.70 bits per heavy atom. The van der Waals surface area contributed by atoms with Crippen LogP contribution in [-0.2, 0) is 0 Å². The van der Waals surface area contributed by atoms with Crippen LogP contribution >= 0.6 is 0 Å². The van der Waals surface area contributed by atoms with Crippen molar-refractivity contribution in [3.8, 4) is 5.75 Å². The van der Waals surface area contributed by atoms with Crippen molar-refractivity contribution in [2.75, 3.05) is 32.1 Å². The molecule has 1 fully saturated rings. The number of nitrogens with zero attached hydrogens (tertiary/aromatic N) is 2. The van der Waals surface area contributed by atoms with Crippen LogP contribution in [0.25, 0.3) is 0 Å². The molecule has 1 saturated heterocycles. The number of rotatable bonds is 5. The molecule has 110 valence electrons. The van der Waals surface area contributed by atoms with Gasteiger partial charge in [0.1, 0.15) is 11.4 Å². The van der Waals surface area contributed by atoms with Crippen LogP contribution in [0.5, 0.6) is 5.75 Å². The van der Waals surface area contributed by atoms with Gasteiger partial charge in [-0.25, -0.2) is 0 Å². The van der Waals surface area contributed by atoms with E-state index in [0.29, 0.717) is 11.4 Å². The first-order chi connectivity index (χ1) is 9.63. The highest BCUT2D eigenvalue weighted by Crippen LogP contribution is 2.30. The van der Waals surface area contributed by atoms with E-state index >= 15 is 0 Å². The number of benzene rings is 1. The Kier molecular flexibility index (Phi) is 4.79. The number of piperidine rings is 1. The van der Waals surface area contributed by atoms with Crippen molar-refractivity contribution in [1.82, 2.24) is 4.90 Å². The molecule has 6 nitrogen and oxygen atoms in total. The van der Waals surface area contributed by atoms with E-state index in [1.807, 2.05) is 0 Å². The van der Waals surface area contributed by atoms with Crippen molar-refractivity contribution in [2.45, 2.75) is 25.8 Å². The maximum absolute atomic E-state index is 11.1. The minimum Gasteiger partial charge on any atom is -0.497 e. The van der Waals surface area contributed by atoms with Crippen molar-refractivity contribution in [3.05, 3.63) is 28.3 Å². The standard InChI is InChI=1S/C14H21N3O3/c1-3-16-8-6-11(7-9-16)15-13-10-12(20-2)4-5-14(13)17(18)19/h4-5,10-11,15H,3,6-9H2,1-2H3. The van der Waals surface area contributed by atoms with Gasteiger partial charge in [-0.15, -0.1) is 0 Å². The fourth-order valence-electron chi connectivity index (χ4n) is 2.53. The van der Waals surface area contributed by atoms with Gasteiger partial charge in [-0.3, -0.25) is 10.1 Å². The zero-order valence-electron chi connectivity index (χ0n) is 12.0. The Hall–Kier alpha value is -1.82. The topological polar surface area (TPSA) is 67.6 Å². The van der Waals surface area contributed by atoms with Crippen molar-refractivity contribution < 1.29 is 9.66 Å². The summed E-state index contributed by atoms with van der Waals surface area (Å²) in [4.78, 5) is 13.1. The molecule has 0 radical (unpaired) electrons. The molecule has 0 unspecified atom stereocenters. The molecule has 1 aromatic carbocycles. The predicted octanol–water partition coefficient (Wildman–Crippen LogP) is 2.50. The molecule has 1 aliphatic heterocycles. The molecule has 0 aromatic heterocycles. The lowest BCUT2D eigenvalue weighted by atomic mass is 10.0. The minimum absolute atomic E-state index is 0.101. The Labute approximate surface area is 118 Å². The third kappa shape index (κ3) is 3.39. The van der Waals surface area contributed by atoms with Crippen LogP contribution in [0.2, 0.25) is 0 Å². The van der Waals surface area contributed by atoms with E-state index < -0.39 is 0 Å². The number of methoxy groups -OCH3 is 1. The monoisotopic (exact) mass is 279 g/mol. The van der Waals surface area contributed by atoms with Crippen molar-refractivity contribution >= 4 is 11.4 Å². The van der Waals surface area contributed by atoms with Crippen LogP contribution in [0.1, 0.15) is 19.8 Å². The molecule has 1 N–H and O–H groups in total. The van der Waals surface area contributed by atoms with Gasteiger partial charge in [-0.2, -0.15) is 0 Å². The zero-order valence-corrected chi connectivity index (χ0v) is 12.0. The summed E-state index contributed by atoms with van der Waals surface area (Å²) in [5.41, 5.74) is 0.646. The molecular formula is C14H21N3O3. The molecule has 2 rings (SSSR count). The number of ether oxygens (including phenoxy) is 1. The predicted molar refractivity (Wildman–Crippen MR) is 78.4 cm³/mol. The van der Waals surface area contributed by atoms with Crippen LogP contribution in [0, 0.1) is 10.1 Å². The molecule has 0 spiro atoms. The quantitative estimate of drug-likeness (QED) is 0.662. The Morgan fingerprint density at radius 1 is 1.45 bits per heavy atom. The van der Waals surface area contributed by atoms with Gasteiger partial charge in [0.25, 0.3) is 5.69 Å². The third-order valence-corrected chi connectivity index (χ3v) is 3.79. The first kappa shape index (κ1) is 14.6. The molecular weight excluding hydrogens is 258 g/mol. The third-order valence-electron chi connectivity index (χ3n) is 3.79. The summed E-state index contributed by atoms with van der Waals surface area (Å²) in [6.45, 7) is 5.28. The van der Waals surface area contributed by atoms with Gasteiger partial charge in [-0.1, -0.05) is 6.92 Å². The number of anilines is 1. The molecule has 1 heterocycles. The largest absolute Gasteiger partial charge is 0.497 e. The first-order valence-corrected chi connectivity index (χ1v) is 6.95. The van der Waals surface area contributed by atoms with Gasteiger partial charge in [-0.05, 0) is 25.5 Å². The van der Waals surface area contributed by atoms with E-state index in [2.05, 4.69) is 17.1 Å². The van der Waals surface area contributed by atoms with Gasteiger partial charge in [0, 0.05) is 31.3 Å². The van der Waals surface area contributed by atoms with Crippen molar-refractivity contribution in [2.24, 2.45) is 0 Å². The maximum atomic E-state index is 11.1. The lowest BCUT2D eigenvalue weighted by Gasteiger charge is -2.31.